The van der Waals surface area contributed by atoms with Crippen molar-refractivity contribution in [2.45, 2.75) is 118 Å². The summed E-state index contributed by atoms with van der Waals surface area (Å²) >= 11 is 1.18. The van der Waals surface area contributed by atoms with Crippen molar-refractivity contribution in [3.8, 4) is 0 Å². The van der Waals surface area contributed by atoms with Gasteiger partial charge < -0.3 is 30.7 Å². The largest absolute Gasteiger partial charge is 0.481 e. The fourth-order valence-corrected chi connectivity index (χ4v) is 7.00. The molecule has 13 heteroatoms. The van der Waals surface area contributed by atoms with Gasteiger partial charge in [-0.3, -0.25) is 24.0 Å². The number of carboxylic acid groups (broad SMARTS) is 1. The van der Waals surface area contributed by atoms with Crippen molar-refractivity contribution in [3.63, 3.8) is 0 Å². The minimum Gasteiger partial charge on any atom is -0.481 e. The first-order valence-corrected chi connectivity index (χ1v) is 19.4. The van der Waals surface area contributed by atoms with Crippen molar-refractivity contribution < 1.29 is 33.8 Å². The number of thiazole rings is 1. The molecule has 290 valence electrons. The summed E-state index contributed by atoms with van der Waals surface area (Å²) in [6.45, 7) is 13.6. The number of nitrogens with one attached hydrogen (secondary N) is 3. The molecular weight excluding hydrogens is 683 g/mol. The van der Waals surface area contributed by atoms with E-state index in [1.165, 1.54) is 18.3 Å². The van der Waals surface area contributed by atoms with E-state index in [0.29, 0.717) is 17.8 Å². The molecule has 0 aliphatic heterocycles. The number of carboxylic acids is 1. The van der Waals surface area contributed by atoms with Gasteiger partial charge >= 0.3 is 11.9 Å². The first kappa shape index (κ1) is 44.3. The number of likely N-dealkylation sites (N-methyl/N-ethyl adjacent to an activating group) is 1. The van der Waals surface area contributed by atoms with E-state index in [1.807, 2.05) is 72.0 Å². The molecule has 1 aromatic heterocycles. The molecule has 0 fully saturated rings. The lowest BCUT2D eigenvalue weighted by molar-refractivity contribution is -0.149. The third-order valence-corrected chi connectivity index (χ3v) is 10.6. The average molecular weight is 744 g/mol. The van der Waals surface area contributed by atoms with E-state index in [1.54, 1.807) is 24.3 Å². The van der Waals surface area contributed by atoms with Gasteiger partial charge in [-0.1, -0.05) is 84.7 Å². The number of carbonyl (C=O) groups is 5. The molecule has 0 saturated carbocycles. The number of hydrogen-bond acceptors (Lipinski definition) is 9. The summed E-state index contributed by atoms with van der Waals surface area (Å²) in [7, 11) is 3.62. The molecule has 0 bridgehead atoms. The van der Waals surface area contributed by atoms with Crippen molar-refractivity contribution in [1.29, 1.82) is 0 Å². The Balaban J connectivity index is 2.28. The molecule has 3 amide bonds. The van der Waals surface area contributed by atoms with Gasteiger partial charge in [0.25, 0.3) is 5.91 Å². The van der Waals surface area contributed by atoms with E-state index in [-0.39, 0.29) is 48.1 Å². The number of ether oxygens (including phenoxy) is 1. The second-order valence-electron chi connectivity index (χ2n) is 14.4. The maximum Gasteiger partial charge on any atom is 0.306 e. The van der Waals surface area contributed by atoms with Gasteiger partial charge in [-0.25, -0.2) is 4.98 Å². The molecule has 1 aromatic carbocycles. The maximum absolute atomic E-state index is 14.1. The third kappa shape index (κ3) is 14.3. The van der Waals surface area contributed by atoms with Crippen molar-refractivity contribution in [3.05, 3.63) is 52.0 Å². The van der Waals surface area contributed by atoms with Crippen LogP contribution in [0.5, 0.6) is 0 Å². The first-order chi connectivity index (χ1) is 24.6. The van der Waals surface area contributed by atoms with Crippen molar-refractivity contribution >= 4 is 41.0 Å². The molecule has 1 heterocycles. The summed E-state index contributed by atoms with van der Waals surface area (Å²) in [5.41, 5.74) is 1.09. The molecule has 0 spiro atoms. The Hall–Kier alpha value is -3.84. The molecule has 2 aromatic rings. The van der Waals surface area contributed by atoms with Crippen LogP contribution in [0.1, 0.15) is 114 Å². The standard InChI is InChI=1S/C39H61N5O7S/c1-10-25(4)34(43-35(46)26(5)16-14-15-19-40-8)38(48)44(9)32(24(2)3)22-33(51-28(7)45)37-42-31(23-52-37)36(47)41-30(20-27(6)39(49)50)21-29-17-12-11-13-18-29/h11-13,17-18,23-27,30,32-34,40H,10,14-16,19-22H2,1-9H3,(H,41,47)(H,43,46)(H,49,50)/t25-,26+,27-,30+,32+,33+,34-/m0/s1. The smallest absolute Gasteiger partial charge is 0.306 e. The van der Waals surface area contributed by atoms with Crippen LogP contribution in [-0.4, -0.2) is 83.4 Å². The minimum atomic E-state index is -0.946. The van der Waals surface area contributed by atoms with E-state index < -0.39 is 48.0 Å². The van der Waals surface area contributed by atoms with E-state index in [4.69, 9.17) is 4.74 Å². The molecule has 0 unspecified atom stereocenters. The number of nitrogens with zero attached hydrogens (tertiary/aromatic N) is 2. The van der Waals surface area contributed by atoms with Gasteiger partial charge in [-0.2, -0.15) is 0 Å². The molecule has 52 heavy (non-hydrogen) atoms. The highest BCUT2D eigenvalue weighted by molar-refractivity contribution is 7.09. The highest BCUT2D eigenvalue weighted by Gasteiger charge is 2.36. The zero-order chi connectivity index (χ0) is 39.0. The van der Waals surface area contributed by atoms with Crippen molar-refractivity contribution in [1.82, 2.24) is 25.8 Å². The van der Waals surface area contributed by atoms with Crippen LogP contribution in [-0.2, 0) is 30.3 Å². The number of hydrogen-bond donors (Lipinski definition) is 4. The van der Waals surface area contributed by atoms with E-state index in [0.717, 1.165) is 31.4 Å². The van der Waals surface area contributed by atoms with Crippen molar-refractivity contribution in [2.75, 3.05) is 20.6 Å². The van der Waals surface area contributed by atoms with Crippen LogP contribution < -0.4 is 16.0 Å². The lowest BCUT2D eigenvalue weighted by Gasteiger charge is -2.37. The summed E-state index contributed by atoms with van der Waals surface area (Å²) in [5, 5.41) is 20.7. The molecule has 2 rings (SSSR count). The van der Waals surface area contributed by atoms with Gasteiger partial charge in [0.05, 0.1) is 5.92 Å². The number of aliphatic carboxylic acids is 1. The minimum absolute atomic E-state index is 0.0518. The number of carbonyl (C=O) groups excluding carboxylic acids is 4. The molecule has 0 aliphatic rings. The highest BCUT2D eigenvalue weighted by Crippen LogP contribution is 2.31. The Morgan fingerprint density at radius 2 is 1.63 bits per heavy atom. The van der Waals surface area contributed by atoms with E-state index >= 15 is 0 Å². The van der Waals surface area contributed by atoms with E-state index in [2.05, 4.69) is 20.9 Å². The normalized spacial score (nSPS) is 15.4. The van der Waals surface area contributed by atoms with Crippen LogP contribution >= 0.6 is 11.3 Å². The average Bonchev–Trinajstić information content (AvgIpc) is 3.60. The number of esters is 1. The second-order valence-corrected chi connectivity index (χ2v) is 15.3. The van der Waals surface area contributed by atoms with Crippen LogP contribution in [0.2, 0.25) is 0 Å². The van der Waals surface area contributed by atoms with Crippen LogP contribution in [0, 0.1) is 23.7 Å². The Morgan fingerprint density at radius 1 is 0.962 bits per heavy atom. The number of rotatable bonds is 23. The summed E-state index contributed by atoms with van der Waals surface area (Å²) in [6.07, 6.45) is 3.35. The quantitative estimate of drug-likeness (QED) is 0.0834. The van der Waals surface area contributed by atoms with Gasteiger partial charge in [0.2, 0.25) is 11.8 Å². The molecule has 0 aliphatic carbocycles. The first-order valence-electron chi connectivity index (χ1n) is 18.5. The summed E-state index contributed by atoms with van der Waals surface area (Å²) in [6, 6.07) is 7.95. The van der Waals surface area contributed by atoms with E-state index in [9.17, 15) is 29.1 Å². The van der Waals surface area contributed by atoms with Gasteiger partial charge in [-0.15, -0.1) is 11.3 Å². The fraction of sp³-hybridized carbons (Fsp3) is 0.641. The molecular formula is C39H61N5O7S. The molecule has 0 saturated heterocycles. The summed E-state index contributed by atoms with van der Waals surface area (Å²) in [5.74, 6) is -3.37. The number of amides is 3. The number of aromatic nitrogens is 1. The van der Waals surface area contributed by atoms with Gasteiger partial charge in [0.1, 0.15) is 16.7 Å². The zero-order valence-electron chi connectivity index (χ0n) is 32.4. The fourth-order valence-electron chi connectivity index (χ4n) is 6.16. The van der Waals surface area contributed by atoms with Crippen LogP contribution in [0.25, 0.3) is 0 Å². The Morgan fingerprint density at radius 3 is 2.21 bits per heavy atom. The monoisotopic (exact) mass is 743 g/mol. The lowest BCUT2D eigenvalue weighted by Crippen LogP contribution is -2.55. The summed E-state index contributed by atoms with van der Waals surface area (Å²) < 4.78 is 5.76. The van der Waals surface area contributed by atoms with Crippen molar-refractivity contribution in [2.24, 2.45) is 23.7 Å². The predicted molar refractivity (Wildman–Crippen MR) is 204 cm³/mol. The SMILES string of the molecule is CC[C@H](C)[C@H](NC(=O)[C@H](C)CCCCNC)C(=O)N(C)[C@H](C[C@@H](OC(C)=O)c1nc(C(=O)N[C@@H](Cc2ccccc2)C[C@H](C)C(=O)O)cs1)C(C)C. The maximum atomic E-state index is 14.1. The highest BCUT2D eigenvalue weighted by atomic mass is 32.1. The number of unbranched alkanes of at least 4 members (excludes halogenated alkanes) is 1. The van der Waals surface area contributed by atoms with Crippen LogP contribution in [0.4, 0.5) is 0 Å². The zero-order valence-corrected chi connectivity index (χ0v) is 33.3. The second kappa shape index (κ2) is 22.3. The molecule has 12 nitrogen and oxygen atoms in total. The van der Waals surface area contributed by atoms with Gasteiger partial charge in [-0.05, 0) is 56.7 Å². The molecule has 0 radical (unpaired) electrons. The topological polar surface area (TPSA) is 167 Å². The Kier molecular flexibility index (Phi) is 19.0. The summed E-state index contributed by atoms with van der Waals surface area (Å²) in [4.78, 5) is 71.0. The van der Waals surface area contributed by atoms with Crippen LogP contribution in [0.3, 0.4) is 0 Å². The van der Waals surface area contributed by atoms with Crippen LogP contribution in [0.15, 0.2) is 35.7 Å². The Bertz CT molecular complexity index is 1440. The lowest BCUT2D eigenvalue weighted by atomic mass is 9.92. The molecule has 7 atom stereocenters. The molecule has 4 N–H and O–H groups in total. The Labute approximate surface area is 313 Å². The van der Waals surface area contributed by atoms with Gasteiger partial charge in [0.15, 0.2) is 6.10 Å². The predicted octanol–water partition coefficient (Wildman–Crippen LogP) is 5.63. The van der Waals surface area contributed by atoms with Gasteiger partial charge in [0, 0.05) is 43.8 Å². The number of benzene rings is 1. The third-order valence-electron chi connectivity index (χ3n) is 9.67.